The van der Waals surface area contributed by atoms with Crippen molar-refractivity contribution in [2.45, 2.75) is 18.9 Å². The molecule has 1 aliphatic heterocycles. The van der Waals surface area contributed by atoms with Gasteiger partial charge < -0.3 is 10.6 Å². The van der Waals surface area contributed by atoms with Crippen molar-refractivity contribution < 1.29 is 4.79 Å². The Hall–Kier alpha value is 0.130. The maximum atomic E-state index is 11.9. The lowest BCUT2D eigenvalue weighted by Crippen LogP contribution is -2.44. The lowest BCUT2D eigenvalue weighted by atomic mass is 10.2. The molecule has 88 valence electrons. The summed E-state index contributed by atoms with van der Waals surface area (Å²) in [7, 11) is 0. The molecular formula is C10H20N2OS2. The topological polar surface area (TPSA) is 46.3 Å². The summed E-state index contributed by atoms with van der Waals surface area (Å²) in [5, 5.41) is 0. The fourth-order valence-corrected chi connectivity index (χ4v) is 2.95. The van der Waals surface area contributed by atoms with Crippen LogP contribution in [0.2, 0.25) is 0 Å². The molecule has 1 aliphatic rings. The van der Waals surface area contributed by atoms with Gasteiger partial charge in [-0.3, -0.25) is 4.79 Å². The summed E-state index contributed by atoms with van der Waals surface area (Å²) in [6.45, 7) is 1.76. The van der Waals surface area contributed by atoms with Crippen molar-refractivity contribution in [1.82, 2.24) is 4.90 Å². The minimum atomic E-state index is -0.291. The quantitative estimate of drug-likeness (QED) is 0.807. The van der Waals surface area contributed by atoms with Gasteiger partial charge in [-0.1, -0.05) is 0 Å². The van der Waals surface area contributed by atoms with E-state index in [1.54, 1.807) is 11.8 Å². The average molecular weight is 248 g/mol. The van der Waals surface area contributed by atoms with Crippen molar-refractivity contribution in [3.63, 3.8) is 0 Å². The van der Waals surface area contributed by atoms with Crippen LogP contribution in [0.15, 0.2) is 0 Å². The van der Waals surface area contributed by atoms with E-state index in [0.717, 1.165) is 37.4 Å². The third kappa shape index (κ3) is 4.66. The zero-order chi connectivity index (χ0) is 11.1. The highest BCUT2D eigenvalue weighted by Crippen LogP contribution is 2.11. The fourth-order valence-electron chi connectivity index (χ4n) is 1.57. The number of carbonyl (C=O) groups excluding carboxylic acids is 1. The van der Waals surface area contributed by atoms with Crippen molar-refractivity contribution >= 4 is 29.4 Å². The van der Waals surface area contributed by atoms with E-state index >= 15 is 0 Å². The van der Waals surface area contributed by atoms with Crippen LogP contribution < -0.4 is 5.73 Å². The SMILES string of the molecule is CSCC[C@@H](N)C(=O)N1CCCSCC1. The van der Waals surface area contributed by atoms with Crippen LogP contribution in [0.3, 0.4) is 0 Å². The Morgan fingerprint density at radius 3 is 3.07 bits per heavy atom. The zero-order valence-electron chi connectivity index (χ0n) is 9.28. The first-order valence-corrected chi connectivity index (χ1v) is 7.91. The van der Waals surface area contributed by atoms with Crippen LogP contribution in [-0.2, 0) is 4.79 Å². The van der Waals surface area contributed by atoms with Crippen molar-refractivity contribution in [3.05, 3.63) is 0 Å². The van der Waals surface area contributed by atoms with Crippen LogP contribution in [0.4, 0.5) is 0 Å². The normalized spacial score (nSPS) is 19.7. The lowest BCUT2D eigenvalue weighted by Gasteiger charge is -2.23. The molecule has 1 saturated heterocycles. The van der Waals surface area contributed by atoms with Crippen LogP contribution in [0, 0.1) is 0 Å². The molecule has 0 saturated carbocycles. The van der Waals surface area contributed by atoms with Gasteiger partial charge in [0, 0.05) is 18.8 Å². The molecule has 0 aliphatic carbocycles. The summed E-state index contributed by atoms with van der Waals surface area (Å²) in [5.41, 5.74) is 5.87. The second-order valence-corrected chi connectivity index (χ2v) is 5.89. The summed E-state index contributed by atoms with van der Waals surface area (Å²) < 4.78 is 0. The Balaban J connectivity index is 2.35. The van der Waals surface area contributed by atoms with Crippen molar-refractivity contribution in [3.8, 4) is 0 Å². The van der Waals surface area contributed by atoms with E-state index in [0.29, 0.717) is 0 Å². The van der Waals surface area contributed by atoms with Gasteiger partial charge in [0.25, 0.3) is 0 Å². The smallest absolute Gasteiger partial charge is 0.239 e. The predicted octanol–water partition coefficient (Wildman–Crippen LogP) is 1.03. The molecule has 2 N–H and O–H groups in total. The van der Waals surface area contributed by atoms with Gasteiger partial charge in [-0.2, -0.15) is 23.5 Å². The Kier molecular flexibility index (Phi) is 6.52. The molecule has 15 heavy (non-hydrogen) atoms. The molecule has 0 spiro atoms. The first kappa shape index (κ1) is 13.2. The fraction of sp³-hybridized carbons (Fsp3) is 0.900. The molecular weight excluding hydrogens is 228 g/mol. The minimum absolute atomic E-state index is 0.145. The average Bonchev–Trinajstić information content (AvgIpc) is 2.53. The minimum Gasteiger partial charge on any atom is -0.340 e. The second-order valence-electron chi connectivity index (χ2n) is 3.68. The van der Waals surface area contributed by atoms with Crippen LogP contribution in [0.5, 0.6) is 0 Å². The molecule has 0 aromatic carbocycles. The van der Waals surface area contributed by atoms with Gasteiger partial charge in [-0.05, 0) is 30.6 Å². The van der Waals surface area contributed by atoms with Gasteiger partial charge in [0.15, 0.2) is 0 Å². The van der Waals surface area contributed by atoms with E-state index in [1.165, 1.54) is 5.75 Å². The van der Waals surface area contributed by atoms with Crippen molar-refractivity contribution in [1.29, 1.82) is 0 Å². The Morgan fingerprint density at radius 1 is 1.53 bits per heavy atom. The number of thioether (sulfide) groups is 2. The lowest BCUT2D eigenvalue weighted by molar-refractivity contribution is -0.132. The molecule has 5 heteroatoms. The largest absolute Gasteiger partial charge is 0.340 e. The molecule has 1 atom stereocenters. The van der Waals surface area contributed by atoms with E-state index in [9.17, 15) is 4.79 Å². The molecule has 0 aromatic rings. The Bertz CT molecular complexity index is 194. The standard InChI is InChI=1S/C10H20N2OS2/c1-14-7-3-9(11)10(13)12-4-2-6-15-8-5-12/h9H,2-8,11H2,1H3/t9-/m1/s1. The summed E-state index contributed by atoms with van der Waals surface area (Å²) in [5.74, 6) is 3.34. The van der Waals surface area contributed by atoms with Gasteiger partial charge in [0.05, 0.1) is 6.04 Å². The molecule has 3 nitrogen and oxygen atoms in total. The summed E-state index contributed by atoms with van der Waals surface area (Å²) in [6, 6.07) is -0.291. The molecule has 1 amide bonds. The van der Waals surface area contributed by atoms with Crippen LogP contribution >= 0.6 is 23.5 Å². The molecule has 0 unspecified atom stereocenters. The number of amides is 1. The number of rotatable bonds is 4. The van der Waals surface area contributed by atoms with Gasteiger partial charge in [-0.15, -0.1) is 0 Å². The van der Waals surface area contributed by atoms with Crippen LogP contribution in [-0.4, -0.2) is 53.5 Å². The molecule has 0 radical (unpaired) electrons. The number of nitrogens with two attached hydrogens (primary N) is 1. The third-order valence-electron chi connectivity index (χ3n) is 2.48. The number of carbonyl (C=O) groups is 1. The van der Waals surface area contributed by atoms with E-state index in [1.807, 2.05) is 22.9 Å². The first-order valence-electron chi connectivity index (χ1n) is 5.36. The highest BCUT2D eigenvalue weighted by atomic mass is 32.2. The van der Waals surface area contributed by atoms with Crippen LogP contribution in [0.1, 0.15) is 12.8 Å². The zero-order valence-corrected chi connectivity index (χ0v) is 10.9. The first-order chi connectivity index (χ1) is 7.25. The van der Waals surface area contributed by atoms with E-state index in [2.05, 4.69) is 0 Å². The number of hydrogen-bond acceptors (Lipinski definition) is 4. The van der Waals surface area contributed by atoms with E-state index < -0.39 is 0 Å². The molecule has 0 bridgehead atoms. The van der Waals surface area contributed by atoms with E-state index in [4.69, 9.17) is 5.73 Å². The van der Waals surface area contributed by atoms with Crippen LogP contribution in [0.25, 0.3) is 0 Å². The predicted molar refractivity (Wildman–Crippen MR) is 69.5 cm³/mol. The van der Waals surface area contributed by atoms with Gasteiger partial charge in [-0.25, -0.2) is 0 Å². The van der Waals surface area contributed by atoms with Crippen molar-refractivity contribution in [2.24, 2.45) is 5.73 Å². The highest BCUT2D eigenvalue weighted by molar-refractivity contribution is 7.99. The highest BCUT2D eigenvalue weighted by Gasteiger charge is 2.21. The molecule has 1 fully saturated rings. The second kappa shape index (κ2) is 7.41. The Morgan fingerprint density at radius 2 is 2.33 bits per heavy atom. The number of nitrogens with zero attached hydrogens (tertiary/aromatic N) is 1. The van der Waals surface area contributed by atoms with Gasteiger partial charge >= 0.3 is 0 Å². The summed E-state index contributed by atoms with van der Waals surface area (Å²) in [6.07, 6.45) is 3.94. The van der Waals surface area contributed by atoms with Crippen molar-refractivity contribution in [2.75, 3.05) is 36.6 Å². The number of hydrogen-bond donors (Lipinski definition) is 1. The third-order valence-corrected chi connectivity index (χ3v) is 4.18. The summed E-state index contributed by atoms with van der Waals surface area (Å²) in [4.78, 5) is 13.9. The van der Waals surface area contributed by atoms with E-state index in [-0.39, 0.29) is 11.9 Å². The molecule has 0 aromatic heterocycles. The van der Waals surface area contributed by atoms with Gasteiger partial charge in [0.2, 0.25) is 5.91 Å². The maximum Gasteiger partial charge on any atom is 0.239 e. The monoisotopic (exact) mass is 248 g/mol. The summed E-state index contributed by atoms with van der Waals surface area (Å²) >= 11 is 3.67. The van der Waals surface area contributed by atoms with Gasteiger partial charge in [0.1, 0.15) is 0 Å². The molecule has 1 rings (SSSR count). The molecule has 1 heterocycles. The maximum absolute atomic E-state index is 11.9. The Labute approximate surface area is 101 Å².